The molecule has 2 aliphatic heterocycles. The molecular weight excluding hydrogens is 441 g/mol. The van der Waals surface area contributed by atoms with Crippen LogP contribution in [-0.4, -0.2) is 49.8 Å². The van der Waals surface area contributed by atoms with Gasteiger partial charge in [0.2, 0.25) is 15.8 Å². The third kappa shape index (κ3) is 4.30. The van der Waals surface area contributed by atoms with Gasteiger partial charge in [-0.1, -0.05) is 0 Å². The van der Waals surface area contributed by atoms with E-state index in [2.05, 4.69) is 0 Å². The van der Waals surface area contributed by atoms with E-state index in [4.69, 9.17) is 4.74 Å². The van der Waals surface area contributed by atoms with Crippen molar-refractivity contribution in [3.63, 3.8) is 0 Å². The molecule has 0 aliphatic carbocycles. The molecule has 0 N–H and O–H groups in total. The molecule has 0 unspecified atom stereocenters. The Morgan fingerprint density at radius 1 is 1.09 bits per heavy atom. The van der Waals surface area contributed by atoms with E-state index in [-0.39, 0.29) is 10.6 Å². The number of fused-ring (bicyclic) bond motifs is 1. The van der Waals surface area contributed by atoms with Crippen molar-refractivity contribution in [1.29, 1.82) is 0 Å². The number of ether oxygens (including phenoxy) is 1. The first-order chi connectivity index (χ1) is 15.3. The maximum atomic E-state index is 13.5. The summed E-state index contributed by atoms with van der Waals surface area (Å²) < 4.78 is 45.9. The van der Waals surface area contributed by atoms with E-state index < -0.39 is 39.0 Å². The highest BCUT2D eigenvalue weighted by molar-refractivity contribution is 7.89. The lowest BCUT2D eigenvalue weighted by Crippen LogP contribution is -2.39. The smallest absolute Gasteiger partial charge is 0.311 e. The number of nitrogens with zero attached hydrogens (tertiary/aromatic N) is 3. The number of benzene rings is 2. The lowest BCUT2D eigenvalue weighted by molar-refractivity contribution is -0.385. The minimum atomic E-state index is -3.57. The van der Waals surface area contributed by atoms with Crippen LogP contribution in [0.5, 0.6) is 5.75 Å². The van der Waals surface area contributed by atoms with Gasteiger partial charge in [-0.25, -0.2) is 12.8 Å². The first kappa shape index (κ1) is 22.2. The Hall–Kier alpha value is -3.05. The van der Waals surface area contributed by atoms with Crippen molar-refractivity contribution in [2.75, 3.05) is 31.1 Å². The number of amides is 1. The molecule has 2 aromatic carbocycles. The van der Waals surface area contributed by atoms with Crippen molar-refractivity contribution in [1.82, 2.24) is 4.31 Å². The molecule has 0 aromatic heterocycles. The average molecular weight is 463 g/mol. The minimum Gasteiger partial charge on any atom is -0.477 e. The summed E-state index contributed by atoms with van der Waals surface area (Å²) in [5.41, 5.74) is 0.885. The van der Waals surface area contributed by atoms with Gasteiger partial charge in [0.1, 0.15) is 5.82 Å². The van der Waals surface area contributed by atoms with Crippen molar-refractivity contribution in [2.24, 2.45) is 0 Å². The minimum absolute atomic E-state index is 0.207. The molecule has 170 valence electrons. The highest BCUT2D eigenvalue weighted by Crippen LogP contribution is 2.32. The fourth-order valence-electron chi connectivity index (χ4n) is 4.04. The summed E-state index contributed by atoms with van der Waals surface area (Å²) in [5.74, 6) is -1.50. The van der Waals surface area contributed by atoms with Gasteiger partial charge in [0, 0.05) is 37.5 Å². The summed E-state index contributed by atoms with van der Waals surface area (Å²) >= 11 is 0. The zero-order chi connectivity index (χ0) is 22.9. The molecule has 2 aromatic rings. The number of nitro benzene ring substituents is 1. The maximum Gasteiger partial charge on any atom is 0.311 e. The van der Waals surface area contributed by atoms with E-state index >= 15 is 0 Å². The second-order valence-corrected chi connectivity index (χ2v) is 9.65. The van der Waals surface area contributed by atoms with E-state index in [9.17, 15) is 27.7 Å². The molecule has 0 radical (unpaired) electrons. The Balaban J connectivity index is 1.53. The van der Waals surface area contributed by atoms with Gasteiger partial charge in [0.25, 0.3) is 5.91 Å². The average Bonchev–Trinajstić information content (AvgIpc) is 3.32. The van der Waals surface area contributed by atoms with Crippen LogP contribution in [0.2, 0.25) is 0 Å². The van der Waals surface area contributed by atoms with Gasteiger partial charge in [-0.2, -0.15) is 4.31 Å². The first-order valence-electron chi connectivity index (χ1n) is 10.3. The van der Waals surface area contributed by atoms with Crippen molar-refractivity contribution in [3.05, 3.63) is 57.9 Å². The Morgan fingerprint density at radius 3 is 2.56 bits per heavy atom. The quantitative estimate of drug-likeness (QED) is 0.481. The Morgan fingerprint density at radius 2 is 1.84 bits per heavy atom. The number of aryl methyl sites for hydroxylation is 1. The second-order valence-electron chi connectivity index (χ2n) is 7.71. The van der Waals surface area contributed by atoms with Crippen LogP contribution < -0.4 is 9.64 Å². The standard InChI is InChI=1S/C21H22FN3O6S/c22-16-5-7-19(25(27)28)20(13-16)31-14-21(26)24-11-3-4-15-12-17(6-8-18(15)24)32(29,30)23-9-1-2-10-23/h5-8,12-13H,1-4,9-11,14H2. The number of rotatable bonds is 6. The van der Waals surface area contributed by atoms with Crippen LogP contribution in [0.1, 0.15) is 24.8 Å². The molecule has 9 nitrogen and oxygen atoms in total. The second kappa shape index (κ2) is 8.83. The number of sulfonamides is 1. The van der Waals surface area contributed by atoms with E-state index in [0.717, 1.165) is 36.6 Å². The number of hydrogen-bond acceptors (Lipinski definition) is 6. The van der Waals surface area contributed by atoms with Crippen molar-refractivity contribution in [2.45, 2.75) is 30.6 Å². The predicted octanol–water partition coefficient (Wildman–Crippen LogP) is 2.88. The van der Waals surface area contributed by atoms with Crippen LogP contribution in [-0.2, 0) is 21.2 Å². The van der Waals surface area contributed by atoms with Crippen LogP contribution in [0.15, 0.2) is 41.3 Å². The number of hydrogen-bond donors (Lipinski definition) is 0. The lowest BCUT2D eigenvalue weighted by atomic mass is 10.0. The zero-order valence-electron chi connectivity index (χ0n) is 17.2. The molecule has 1 fully saturated rings. The number of carbonyl (C=O) groups excluding carboxylic acids is 1. The predicted molar refractivity (Wildman–Crippen MR) is 114 cm³/mol. The van der Waals surface area contributed by atoms with Gasteiger partial charge in [-0.05, 0) is 55.5 Å². The van der Waals surface area contributed by atoms with Crippen molar-refractivity contribution >= 4 is 27.3 Å². The van der Waals surface area contributed by atoms with E-state index in [1.165, 1.54) is 15.3 Å². The molecule has 4 rings (SSSR count). The molecule has 2 heterocycles. The summed E-state index contributed by atoms with van der Waals surface area (Å²) in [6, 6.07) is 7.51. The molecule has 32 heavy (non-hydrogen) atoms. The summed E-state index contributed by atoms with van der Waals surface area (Å²) in [7, 11) is -3.57. The topological polar surface area (TPSA) is 110 Å². The highest BCUT2D eigenvalue weighted by Gasteiger charge is 2.30. The number of anilines is 1. The Bertz CT molecular complexity index is 1160. The third-order valence-electron chi connectivity index (χ3n) is 5.64. The number of nitro groups is 1. The van der Waals surface area contributed by atoms with Gasteiger partial charge in [0.15, 0.2) is 6.61 Å². The highest BCUT2D eigenvalue weighted by atomic mass is 32.2. The molecule has 11 heteroatoms. The van der Waals surface area contributed by atoms with Gasteiger partial charge < -0.3 is 9.64 Å². The Kier molecular flexibility index (Phi) is 6.11. The molecule has 1 amide bonds. The van der Waals surface area contributed by atoms with Crippen LogP contribution >= 0.6 is 0 Å². The summed E-state index contributed by atoms with van der Waals surface area (Å²) in [6.07, 6.45) is 2.94. The van der Waals surface area contributed by atoms with Crippen LogP contribution in [0.4, 0.5) is 15.8 Å². The molecular formula is C21H22FN3O6S. The fourth-order valence-corrected chi connectivity index (χ4v) is 5.61. The van der Waals surface area contributed by atoms with E-state index in [0.29, 0.717) is 38.2 Å². The molecule has 0 saturated carbocycles. The fraction of sp³-hybridized carbons (Fsp3) is 0.381. The van der Waals surface area contributed by atoms with Gasteiger partial charge >= 0.3 is 5.69 Å². The van der Waals surface area contributed by atoms with Crippen LogP contribution in [0.25, 0.3) is 0 Å². The van der Waals surface area contributed by atoms with E-state index in [1.807, 2.05) is 0 Å². The lowest BCUT2D eigenvalue weighted by Gasteiger charge is -2.30. The summed E-state index contributed by atoms with van der Waals surface area (Å²) in [4.78, 5) is 24.9. The molecule has 0 bridgehead atoms. The van der Waals surface area contributed by atoms with Crippen molar-refractivity contribution < 1.29 is 27.3 Å². The molecule has 1 saturated heterocycles. The summed E-state index contributed by atoms with van der Waals surface area (Å²) in [6.45, 7) is 0.900. The largest absolute Gasteiger partial charge is 0.477 e. The SMILES string of the molecule is O=C(COc1cc(F)ccc1[N+](=O)[O-])N1CCCc2cc(S(=O)(=O)N3CCCC3)ccc21. The summed E-state index contributed by atoms with van der Waals surface area (Å²) in [5, 5.41) is 11.1. The van der Waals surface area contributed by atoms with Crippen LogP contribution in [0.3, 0.4) is 0 Å². The Labute approximate surface area is 184 Å². The number of halogens is 1. The molecule has 0 spiro atoms. The molecule has 0 atom stereocenters. The van der Waals surface area contributed by atoms with Gasteiger partial charge in [-0.3, -0.25) is 14.9 Å². The normalized spacial score (nSPS) is 16.6. The third-order valence-corrected chi connectivity index (χ3v) is 7.54. The number of carbonyl (C=O) groups is 1. The van der Waals surface area contributed by atoms with Gasteiger partial charge in [-0.15, -0.1) is 0 Å². The first-order valence-corrected chi connectivity index (χ1v) is 11.7. The van der Waals surface area contributed by atoms with Crippen molar-refractivity contribution in [3.8, 4) is 5.75 Å². The molecule has 2 aliphatic rings. The maximum absolute atomic E-state index is 13.5. The zero-order valence-corrected chi connectivity index (χ0v) is 18.0. The van der Waals surface area contributed by atoms with Crippen LogP contribution in [0, 0.1) is 15.9 Å². The monoisotopic (exact) mass is 463 g/mol. The van der Waals surface area contributed by atoms with E-state index in [1.54, 1.807) is 12.1 Å². The van der Waals surface area contributed by atoms with Gasteiger partial charge in [0.05, 0.1) is 9.82 Å².